The maximum Gasteiger partial charge on any atom is 0.257 e. The minimum absolute atomic E-state index is 0.0221. The zero-order chi connectivity index (χ0) is 23.3. The van der Waals surface area contributed by atoms with Gasteiger partial charge in [0, 0.05) is 25.0 Å². The van der Waals surface area contributed by atoms with Crippen LogP contribution in [0.3, 0.4) is 0 Å². The van der Waals surface area contributed by atoms with Crippen LogP contribution in [0, 0.1) is 0 Å². The molecule has 0 aliphatic carbocycles. The number of methoxy groups -OCH3 is 1. The first-order valence-corrected chi connectivity index (χ1v) is 12.6. The van der Waals surface area contributed by atoms with Gasteiger partial charge >= 0.3 is 0 Å². The molecule has 174 valence electrons. The summed E-state index contributed by atoms with van der Waals surface area (Å²) in [6.45, 7) is 1.60. The molecule has 1 amide bonds. The van der Waals surface area contributed by atoms with Gasteiger partial charge in [-0.25, -0.2) is 13.1 Å². The van der Waals surface area contributed by atoms with E-state index in [9.17, 15) is 13.2 Å². The summed E-state index contributed by atoms with van der Waals surface area (Å²) >= 11 is 0. The van der Waals surface area contributed by atoms with Crippen molar-refractivity contribution in [1.82, 2.24) is 9.62 Å². The van der Waals surface area contributed by atoms with Gasteiger partial charge in [0.25, 0.3) is 5.91 Å². The van der Waals surface area contributed by atoms with Crippen LogP contribution in [0.1, 0.15) is 29.6 Å². The highest BCUT2D eigenvalue weighted by atomic mass is 32.2. The summed E-state index contributed by atoms with van der Waals surface area (Å²) in [7, 11) is -2.35. The predicted octanol–water partition coefficient (Wildman–Crippen LogP) is 3.83. The Morgan fingerprint density at radius 3 is 2.52 bits per heavy atom. The van der Waals surface area contributed by atoms with Gasteiger partial charge in [-0.3, -0.25) is 4.79 Å². The quantitative estimate of drug-likeness (QED) is 0.508. The molecule has 1 heterocycles. The molecule has 0 radical (unpaired) electrons. The van der Waals surface area contributed by atoms with Crippen LogP contribution in [0.15, 0.2) is 65.6 Å². The van der Waals surface area contributed by atoms with E-state index in [-0.39, 0.29) is 29.5 Å². The molecular weight excluding hydrogens is 440 g/mol. The summed E-state index contributed by atoms with van der Waals surface area (Å²) in [4.78, 5) is 14.8. The van der Waals surface area contributed by atoms with Crippen LogP contribution in [0.25, 0.3) is 10.8 Å². The second kappa shape index (κ2) is 10.2. The van der Waals surface area contributed by atoms with Gasteiger partial charge in [0.15, 0.2) is 0 Å². The molecule has 0 spiro atoms. The molecule has 7 nitrogen and oxygen atoms in total. The van der Waals surface area contributed by atoms with Crippen LogP contribution in [0.5, 0.6) is 11.5 Å². The normalized spacial score (nSPS) is 14.3. The first-order chi connectivity index (χ1) is 16.0. The highest BCUT2D eigenvalue weighted by Crippen LogP contribution is 2.26. The molecule has 1 N–H and O–H groups in total. The number of carbonyl (C=O) groups excluding carboxylic acids is 1. The second-order valence-electron chi connectivity index (χ2n) is 7.94. The highest BCUT2D eigenvalue weighted by molar-refractivity contribution is 7.89. The Balaban J connectivity index is 1.44. The number of amides is 1. The SMILES string of the molecule is COc1ccc(S(=O)(=O)NCCOc2cccc3ccccc23)cc1C(=O)N1CCCCC1. The summed E-state index contributed by atoms with van der Waals surface area (Å²) in [6.07, 6.45) is 2.99. The van der Waals surface area contributed by atoms with Gasteiger partial charge in [0.1, 0.15) is 18.1 Å². The van der Waals surface area contributed by atoms with Gasteiger partial charge in [0.05, 0.1) is 17.6 Å². The molecular formula is C25H28N2O5S. The number of nitrogens with one attached hydrogen (secondary N) is 1. The third-order valence-corrected chi connectivity index (χ3v) is 7.21. The number of fused-ring (bicyclic) bond motifs is 1. The maximum atomic E-state index is 13.0. The Bertz CT molecular complexity index is 1230. The van der Waals surface area contributed by atoms with Crippen molar-refractivity contribution >= 4 is 26.7 Å². The first-order valence-electron chi connectivity index (χ1n) is 11.1. The number of piperidine rings is 1. The van der Waals surface area contributed by atoms with Crippen molar-refractivity contribution in [2.75, 3.05) is 33.4 Å². The van der Waals surface area contributed by atoms with Crippen LogP contribution >= 0.6 is 0 Å². The smallest absolute Gasteiger partial charge is 0.257 e. The van der Waals surface area contributed by atoms with E-state index in [1.807, 2.05) is 42.5 Å². The topological polar surface area (TPSA) is 84.9 Å². The lowest BCUT2D eigenvalue weighted by molar-refractivity contribution is 0.0720. The molecule has 0 aromatic heterocycles. The minimum Gasteiger partial charge on any atom is -0.496 e. The number of likely N-dealkylation sites (tertiary alicyclic amines) is 1. The molecule has 1 aliphatic heterocycles. The molecule has 3 aromatic rings. The number of ether oxygens (including phenoxy) is 2. The number of carbonyl (C=O) groups is 1. The van der Waals surface area contributed by atoms with Crippen LogP contribution in [-0.4, -0.2) is 52.6 Å². The zero-order valence-corrected chi connectivity index (χ0v) is 19.4. The van der Waals surface area contributed by atoms with E-state index in [2.05, 4.69) is 4.72 Å². The third-order valence-electron chi connectivity index (χ3n) is 5.76. The van der Waals surface area contributed by atoms with E-state index in [1.54, 1.807) is 4.90 Å². The van der Waals surface area contributed by atoms with Gasteiger partial charge in [-0.2, -0.15) is 0 Å². The lowest BCUT2D eigenvalue weighted by Crippen LogP contribution is -2.36. The Hall–Kier alpha value is -3.10. The number of sulfonamides is 1. The largest absolute Gasteiger partial charge is 0.496 e. The molecule has 8 heteroatoms. The average molecular weight is 469 g/mol. The molecule has 0 bridgehead atoms. The van der Waals surface area contributed by atoms with E-state index >= 15 is 0 Å². The summed E-state index contributed by atoms with van der Waals surface area (Å²) in [6, 6.07) is 18.0. The third kappa shape index (κ3) is 5.29. The van der Waals surface area contributed by atoms with Gasteiger partial charge < -0.3 is 14.4 Å². The number of benzene rings is 3. The van der Waals surface area contributed by atoms with Crippen molar-refractivity contribution < 1.29 is 22.7 Å². The number of hydrogen-bond donors (Lipinski definition) is 1. The predicted molar refractivity (Wildman–Crippen MR) is 127 cm³/mol. The highest BCUT2D eigenvalue weighted by Gasteiger charge is 2.24. The van der Waals surface area contributed by atoms with Crippen molar-refractivity contribution in [3.05, 3.63) is 66.2 Å². The first kappa shape index (κ1) is 23.1. The Morgan fingerprint density at radius 2 is 1.73 bits per heavy atom. The van der Waals surface area contributed by atoms with Gasteiger partial charge in [-0.1, -0.05) is 36.4 Å². The summed E-state index contributed by atoms with van der Waals surface area (Å²) < 4.78 is 39.5. The second-order valence-corrected chi connectivity index (χ2v) is 9.71. The lowest BCUT2D eigenvalue weighted by Gasteiger charge is -2.27. The van der Waals surface area contributed by atoms with Crippen LogP contribution in [0.2, 0.25) is 0 Å². The van der Waals surface area contributed by atoms with E-state index < -0.39 is 10.0 Å². The van der Waals surface area contributed by atoms with Crippen molar-refractivity contribution in [2.24, 2.45) is 0 Å². The summed E-state index contributed by atoms with van der Waals surface area (Å²) in [5.41, 5.74) is 0.259. The molecule has 3 aromatic carbocycles. The summed E-state index contributed by atoms with van der Waals surface area (Å²) in [5.74, 6) is 0.859. The van der Waals surface area contributed by atoms with Gasteiger partial charge in [-0.15, -0.1) is 0 Å². The monoisotopic (exact) mass is 468 g/mol. The van der Waals surface area contributed by atoms with E-state index in [4.69, 9.17) is 9.47 Å². The van der Waals surface area contributed by atoms with Crippen LogP contribution < -0.4 is 14.2 Å². The fourth-order valence-electron chi connectivity index (χ4n) is 4.03. The molecule has 0 atom stereocenters. The maximum absolute atomic E-state index is 13.0. The Labute approximate surface area is 194 Å². The zero-order valence-electron chi connectivity index (χ0n) is 18.6. The molecule has 1 fully saturated rings. The molecule has 0 saturated carbocycles. The van der Waals surface area contributed by atoms with E-state index in [0.717, 1.165) is 30.0 Å². The molecule has 1 saturated heterocycles. The van der Waals surface area contributed by atoms with Crippen molar-refractivity contribution in [3.8, 4) is 11.5 Å². The van der Waals surface area contributed by atoms with Crippen molar-refractivity contribution in [3.63, 3.8) is 0 Å². The number of nitrogens with zero attached hydrogens (tertiary/aromatic N) is 1. The molecule has 4 rings (SSSR count). The lowest BCUT2D eigenvalue weighted by atomic mass is 10.1. The molecule has 1 aliphatic rings. The van der Waals surface area contributed by atoms with Crippen LogP contribution in [0.4, 0.5) is 0 Å². The average Bonchev–Trinajstić information content (AvgIpc) is 2.86. The fraction of sp³-hybridized carbons (Fsp3) is 0.320. The standard InChI is InChI=1S/C25H28N2O5S/c1-31-23-13-12-20(18-22(23)25(28)27-15-5-2-6-16-27)33(29,30)26-14-17-32-24-11-7-9-19-8-3-4-10-21(19)24/h3-4,7-13,18,26H,2,5-6,14-17H2,1H3. The Morgan fingerprint density at radius 1 is 0.970 bits per heavy atom. The molecule has 0 unspecified atom stereocenters. The fourth-order valence-corrected chi connectivity index (χ4v) is 5.07. The van der Waals surface area contributed by atoms with E-state index in [0.29, 0.717) is 24.6 Å². The van der Waals surface area contributed by atoms with Crippen molar-refractivity contribution in [1.29, 1.82) is 0 Å². The number of rotatable bonds is 8. The van der Waals surface area contributed by atoms with Gasteiger partial charge in [0.2, 0.25) is 10.0 Å². The van der Waals surface area contributed by atoms with E-state index in [1.165, 1.54) is 25.3 Å². The minimum atomic E-state index is -3.83. The van der Waals surface area contributed by atoms with Crippen molar-refractivity contribution in [2.45, 2.75) is 24.2 Å². The summed E-state index contributed by atoms with van der Waals surface area (Å²) in [5, 5.41) is 2.03. The van der Waals surface area contributed by atoms with Crippen LogP contribution in [-0.2, 0) is 10.0 Å². The number of hydrogen-bond acceptors (Lipinski definition) is 5. The molecule has 33 heavy (non-hydrogen) atoms. The Kier molecular flexibility index (Phi) is 7.15. The van der Waals surface area contributed by atoms with Gasteiger partial charge in [-0.05, 0) is 48.9 Å².